The normalized spacial score (nSPS) is 11.3. The second kappa shape index (κ2) is 3.84. The van der Waals surface area contributed by atoms with Gasteiger partial charge >= 0.3 is 6.18 Å². The minimum Gasteiger partial charge on any atom is -0.496 e. The summed E-state index contributed by atoms with van der Waals surface area (Å²) >= 11 is 0. The second-order valence-electron chi connectivity index (χ2n) is 2.51. The van der Waals surface area contributed by atoms with Crippen molar-refractivity contribution in [2.24, 2.45) is 0 Å². The standard InChI is InChI=1S/C8H5F4NO2/c1-15-4-2-3-13-7(9)5(4)6(14)8(10,11)12/h2-3H,1H3. The van der Waals surface area contributed by atoms with Crippen molar-refractivity contribution in [2.75, 3.05) is 7.11 Å². The lowest BCUT2D eigenvalue weighted by Crippen LogP contribution is -2.24. The monoisotopic (exact) mass is 223 g/mol. The molecule has 0 aliphatic carbocycles. The van der Waals surface area contributed by atoms with Crippen LogP contribution in [0.25, 0.3) is 0 Å². The van der Waals surface area contributed by atoms with E-state index in [1.807, 2.05) is 0 Å². The van der Waals surface area contributed by atoms with E-state index in [-0.39, 0.29) is 0 Å². The van der Waals surface area contributed by atoms with Crippen LogP contribution in [0, 0.1) is 5.95 Å². The van der Waals surface area contributed by atoms with Gasteiger partial charge in [0.2, 0.25) is 5.95 Å². The number of ketones is 1. The summed E-state index contributed by atoms with van der Waals surface area (Å²) in [5.74, 6) is -4.31. The molecule has 0 atom stereocenters. The molecule has 0 aliphatic heterocycles. The van der Waals surface area contributed by atoms with Crippen LogP contribution in [0.2, 0.25) is 0 Å². The largest absolute Gasteiger partial charge is 0.496 e. The van der Waals surface area contributed by atoms with Gasteiger partial charge in [-0.1, -0.05) is 0 Å². The number of nitrogens with zero attached hydrogens (tertiary/aromatic N) is 1. The van der Waals surface area contributed by atoms with Crippen molar-refractivity contribution in [1.82, 2.24) is 4.98 Å². The van der Waals surface area contributed by atoms with Crippen molar-refractivity contribution >= 4 is 5.78 Å². The number of halogens is 4. The van der Waals surface area contributed by atoms with Crippen molar-refractivity contribution < 1.29 is 27.1 Å². The van der Waals surface area contributed by atoms with Crippen LogP contribution in [0.4, 0.5) is 17.6 Å². The third-order valence-electron chi connectivity index (χ3n) is 1.57. The molecule has 7 heteroatoms. The number of pyridine rings is 1. The fraction of sp³-hybridized carbons (Fsp3) is 0.250. The van der Waals surface area contributed by atoms with Crippen molar-refractivity contribution in [3.05, 3.63) is 23.8 Å². The average Bonchev–Trinajstić information content (AvgIpc) is 2.15. The minimum atomic E-state index is -5.16. The van der Waals surface area contributed by atoms with E-state index >= 15 is 0 Å². The lowest BCUT2D eigenvalue weighted by Gasteiger charge is -2.09. The summed E-state index contributed by atoms with van der Waals surface area (Å²) in [6.07, 6.45) is -4.25. The fourth-order valence-electron chi connectivity index (χ4n) is 0.937. The van der Waals surface area contributed by atoms with Gasteiger partial charge in [0.1, 0.15) is 11.3 Å². The predicted octanol–water partition coefficient (Wildman–Crippen LogP) is 1.97. The van der Waals surface area contributed by atoms with Crippen LogP contribution in [-0.2, 0) is 0 Å². The zero-order valence-corrected chi connectivity index (χ0v) is 7.43. The molecule has 15 heavy (non-hydrogen) atoms. The number of hydrogen-bond acceptors (Lipinski definition) is 3. The van der Waals surface area contributed by atoms with Crippen LogP contribution in [0.3, 0.4) is 0 Å². The van der Waals surface area contributed by atoms with Gasteiger partial charge in [0.05, 0.1) is 7.11 Å². The first-order valence-corrected chi connectivity index (χ1v) is 3.68. The van der Waals surface area contributed by atoms with Gasteiger partial charge in [-0.2, -0.15) is 17.6 Å². The number of aromatic nitrogens is 1. The lowest BCUT2D eigenvalue weighted by atomic mass is 10.1. The molecule has 1 aromatic rings. The van der Waals surface area contributed by atoms with Gasteiger partial charge in [0, 0.05) is 6.20 Å². The minimum absolute atomic E-state index is 0.496. The number of Topliss-reactive ketones (excluding diaryl/α,β-unsaturated/α-hetero) is 1. The molecule has 0 aliphatic rings. The van der Waals surface area contributed by atoms with Crippen LogP contribution >= 0.6 is 0 Å². The van der Waals surface area contributed by atoms with Crippen LogP contribution < -0.4 is 4.74 Å². The Morgan fingerprint density at radius 1 is 1.47 bits per heavy atom. The average molecular weight is 223 g/mol. The molecule has 0 saturated carbocycles. The van der Waals surface area contributed by atoms with Gasteiger partial charge in [-0.3, -0.25) is 4.79 Å². The number of rotatable bonds is 2. The fourth-order valence-corrected chi connectivity index (χ4v) is 0.937. The number of carbonyl (C=O) groups excluding carboxylic acids is 1. The van der Waals surface area contributed by atoms with E-state index in [9.17, 15) is 22.4 Å². The highest BCUT2D eigenvalue weighted by molar-refractivity contribution is 6.02. The summed E-state index contributed by atoms with van der Waals surface area (Å²) in [6, 6.07) is 0.974. The van der Waals surface area contributed by atoms with Gasteiger partial charge in [0.15, 0.2) is 0 Å². The molecule has 0 saturated heterocycles. The van der Waals surface area contributed by atoms with Gasteiger partial charge in [0.25, 0.3) is 5.78 Å². The van der Waals surface area contributed by atoms with Crippen LogP contribution in [-0.4, -0.2) is 24.1 Å². The molecule has 0 bridgehead atoms. The van der Waals surface area contributed by atoms with Crippen molar-refractivity contribution in [1.29, 1.82) is 0 Å². The lowest BCUT2D eigenvalue weighted by molar-refractivity contribution is -0.0889. The Morgan fingerprint density at radius 3 is 2.53 bits per heavy atom. The quantitative estimate of drug-likeness (QED) is 0.437. The molecule has 0 N–H and O–H groups in total. The molecule has 0 fully saturated rings. The number of hydrogen-bond donors (Lipinski definition) is 0. The first-order chi connectivity index (χ1) is 6.88. The highest BCUT2D eigenvalue weighted by Gasteiger charge is 2.42. The van der Waals surface area contributed by atoms with Crippen LogP contribution in [0.1, 0.15) is 10.4 Å². The maximum atomic E-state index is 12.9. The summed E-state index contributed by atoms with van der Waals surface area (Å²) < 4.78 is 53.4. The number of carbonyl (C=O) groups is 1. The molecular weight excluding hydrogens is 218 g/mol. The molecule has 0 spiro atoms. The smallest absolute Gasteiger partial charge is 0.455 e. The molecule has 0 radical (unpaired) electrons. The third-order valence-corrected chi connectivity index (χ3v) is 1.57. The highest BCUT2D eigenvalue weighted by atomic mass is 19.4. The van der Waals surface area contributed by atoms with E-state index in [1.165, 1.54) is 0 Å². The molecule has 0 amide bonds. The first-order valence-electron chi connectivity index (χ1n) is 3.68. The first kappa shape index (κ1) is 11.4. The molecular formula is C8H5F4NO2. The molecule has 0 unspecified atom stereocenters. The zero-order valence-electron chi connectivity index (χ0n) is 7.43. The Morgan fingerprint density at radius 2 is 2.07 bits per heavy atom. The van der Waals surface area contributed by atoms with E-state index in [0.717, 1.165) is 19.4 Å². The van der Waals surface area contributed by atoms with Crippen LogP contribution in [0.15, 0.2) is 12.3 Å². The second-order valence-corrected chi connectivity index (χ2v) is 2.51. The van der Waals surface area contributed by atoms with Crippen molar-refractivity contribution in [3.63, 3.8) is 0 Å². The third kappa shape index (κ3) is 2.23. The SMILES string of the molecule is COc1ccnc(F)c1C(=O)C(F)(F)F. The van der Waals surface area contributed by atoms with Gasteiger partial charge in [-0.05, 0) is 6.07 Å². The van der Waals surface area contributed by atoms with E-state index in [0.29, 0.717) is 0 Å². The topological polar surface area (TPSA) is 39.2 Å². The molecule has 0 aromatic carbocycles. The highest BCUT2D eigenvalue weighted by Crippen LogP contribution is 2.28. The molecule has 1 heterocycles. The Bertz CT molecular complexity index is 389. The zero-order chi connectivity index (χ0) is 11.6. The van der Waals surface area contributed by atoms with Gasteiger partial charge in [-0.25, -0.2) is 4.98 Å². The Balaban J connectivity index is 3.30. The van der Waals surface area contributed by atoms with Crippen LogP contribution in [0.5, 0.6) is 5.75 Å². The van der Waals surface area contributed by atoms with Gasteiger partial charge in [-0.15, -0.1) is 0 Å². The maximum Gasteiger partial charge on any atom is 0.455 e. The Kier molecular flexibility index (Phi) is 2.92. The Hall–Kier alpha value is -1.66. The van der Waals surface area contributed by atoms with E-state index in [1.54, 1.807) is 0 Å². The summed E-state index contributed by atoms with van der Waals surface area (Å²) in [6.45, 7) is 0. The van der Waals surface area contributed by atoms with E-state index in [4.69, 9.17) is 0 Å². The van der Waals surface area contributed by atoms with E-state index < -0.39 is 29.2 Å². The van der Waals surface area contributed by atoms with Gasteiger partial charge < -0.3 is 4.74 Å². The molecule has 1 rings (SSSR count). The summed E-state index contributed by atoms with van der Waals surface area (Å²) in [5, 5.41) is 0. The summed E-state index contributed by atoms with van der Waals surface area (Å²) in [4.78, 5) is 13.7. The summed E-state index contributed by atoms with van der Waals surface area (Å²) in [5.41, 5.74) is -1.20. The number of alkyl halides is 3. The van der Waals surface area contributed by atoms with Crippen molar-refractivity contribution in [3.8, 4) is 5.75 Å². The molecule has 1 aromatic heterocycles. The molecule has 82 valence electrons. The van der Waals surface area contributed by atoms with Crippen molar-refractivity contribution in [2.45, 2.75) is 6.18 Å². The van der Waals surface area contributed by atoms with E-state index in [2.05, 4.69) is 9.72 Å². The Labute approximate surface area is 81.7 Å². The molecule has 3 nitrogen and oxygen atoms in total. The number of methoxy groups -OCH3 is 1. The number of ether oxygens (including phenoxy) is 1. The predicted molar refractivity (Wildman–Crippen MR) is 41.1 cm³/mol. The maximum absolute atomic E-state index is 12.9. The summed E-state index contributed by atoms with van der Waals surface area (Å²) in [7, 11) is 1.03.